The zero-order chi connectivity index (χ0) is 25.2. The van der Waals surface area contributed by atoms with Gasteiger partial charge >= 0.3 is 6.03 Å². The Hall–Kier alpha value is -3.31. The predicted molar refractivity (Wildman–Crippen MR) is 144 cm³/mol. The van der Waals surface area contributed by atoms with Crippen LogP contribution in [0.4, 0.5) is 4.79 Å². The summed E-state index contributed by atoms with van der Waals surface area (Å²) < 4.78 is 5.65. The SMILES string of the molecule is COc1ccccc1CN1C(=O)N(Cc2ccccc2)CC12CCC(c1ccccc1)(N(C)C)CC2. The maximum atomic E-state index is 14.0. The highest BCUT2D eigenvalue weighted by Gasteiger charge is 2.54. The van der Waals surface area contributed by atoms with Gasteiger partial charge in [-0.05, 0) is 57.0 Å². The molecule has 0 bridgehead atoms. The van der Waals surface area contributed by atoms with Crippen molar-refractivity contribution in [2.45, 2.75) is 49.9 Å². The molecule has 1 aliphatic carbocycles. The first-order valence-electron chi connectivity index (χ1n) is 12.9. The van der Waals surface area contributed by atoms with E-state index in [0.29, 0.717) is 13.1 Å². The average Bonchev–Trinajstić information content (AvgIpc) is 3.16. The van der Waals surface area contributed by atoms with Gasteiger partial charge in [-0.2, -0.15) is 0 Å². The normalized spacial score (nSPS) is 24.1. The smallest absolute Gasteiger partial charge is 0.321 e. The molecule has 0 unspecified atom stereocenters. The summed E-state index contributed by atoms with van der Waals surface area (Å²) in [5, 5.41) is 0. The number of amides is 2. The molecule has 2 amide bonds. The van der Waals surface area contributed by atoms with Crippen molar-refractivity contribution < 1.29 is 9.53 Å². The maximum Gasteiger partial charge on any atom is 0.321 e. The molecule has 1 saturated carbocycles. The van der Waals surface area contributed by atoms with Crippen LogP contribution in [-0.4, -0.2) is 54.0 Å². The summed E-state index contributed by atoms with van der Waals surface area (Å²) in [7, 11) is 6.09. The minimum absolute atomic E-state index is 0.0154. The van der Waals surface area contributed by atoms with Crippen molar-refractivity contribution in [3.05, 3.63) is 102 Å². The van der Waals surface area contributed by atoms with Crippen molar-refractivity contribution in [1.82, 2.24) is 14.7 Å². The predicted octanol–water partition coefficient (Wildman–Crippen LogP) is 5.90. The number of hydrogen-bond acceptors (Lipinski definition) is 3. The Morgan fingerprint density at radius 1 is 0.806 bits per heavy atom. The Morgan fingerprint density at radius 2 is 1.42 bits per heavy atom. The third-order valence-electron chi connectivity index (χ3n) is 8.47. The van der Waals surface area contributed by atoms with Crippen LogP contribution >= 0.6 is 0 Å². The van der Waals surface area contributed by atoms with Crippen LogP contribution in [0, 0.1) is 0 Å². The molecule has 1 aliphatic heterocycles. The van der Waals surface area contributed by atoms with Crippen LogP contribution in [0.2, 0.25) is 0 Å². The zero-order valence-electron chi connectivity index (χ0n) is 21.7. The number of rotatable bonds is 7. The fourth-order valence-electron chi connectivity index (χ4n) is 6.35. The Kier molecular flexibility index (Phi) is 6.76. The molecule has 5 heteroatoms. The summed E-state index contributed by atoms with van der Waals surface area (Å²) in [5.41, 5.74) is 3.38. The molecular weight excluding hydrogens is 446 g/mol. The van der Waals surface area contributed by atoms with Gasteiger partial charge in [0.05, 0.1) is 19.2 Å². The molecule has 36 heavy (non-hydrogen) atoms. The number of methoxy groups -OCH3 is 1. The summed E-state index contributed by atoms with van der Waals surface area (Å²) >= 11 is 0. The molecule has 3 aromatic carbocycles. The lowest BCUT2D eigenvalue weighted by Gasteiger charge is -2.51. The first-order chi connectivity index (χ1) is 17.5. The summed E-state index contributed by atoms with van der Waals surface area (Å²) in [6.45, 7) is 1.96. The average molecular weight is 484 g/mol. The molecule has 2 aliphatic rings. The zero-order valence-corrected chi connectivity index (χ0v) is 21.7. The fourth-order valence-corrected chi connectivity index (χ4v) is 6.35. The molecule has 1 spiro atoms. The van der Waals surface area contributed by atoms with Gasteiger partial charge in [0.2, 0.25) is 0 Å². The first kappa shape index (κ1) is 24.4. The number of urea groups is 1. The second kappa shape index (κ2) is 9.98. The maximum absolute atomic E-state index is 14.0. The lowest BCUT2D eigenvalue weighted by atomic mass is 9.68. The highest BCUT2D eigenvalue weighted by Crippen LogP contribution is 2.49. The fraction of sp³-hybridized carbons (Fsp3) is 0.387. The molecule has 1 heterocycles. The Labute approximate surface area is 215 Å². The minimum Gasteiger partial charge on any atom is -0.496 e. The lowest BCUT2D eigenvalue weighted by Crippen LogP contribution is -2.55. The van der Waals surface area contributed by atoms with Gasteiger partial charge in [-0.25, -0.2) is 4.79 Å². The summed E-state index contributed by atoms with van der Waals surface area (Å²) in [5.74, 6) is 0.838. The van der Waals surface area contributed by atoms with E-state index in [1.54, 1.807) is 7.11 Å². The van der Waals surface area contributed by atoms with Crippen molar-refractivity contribution in [1.29, 1.82) is 0 Å². The Bertz CT molecular complexity index is 1170. The van der Waals surface area contributed by atoms with Crippen molar-refractivity contribution >= 4 is 6.03 Å². The third-order valence-corrected chi connectivity index (χ3v) is 8.47. The number of nitrogens with zero attached hydrogens (tertiary/aromatic N) is 3. The van der Waals surface area contributed by atoms with Gasteiger partial charge < -0.3 is 14.5 Å². The van der Waals surface area contributed by atoms with E-state index in [4.69, 9.17) is 4.74 Å². The van der Waals surface area contributed by atoms with E-state index in [0.717, 1.165) is 43.5 Å². The van der Waals surface area contributed by atoms with Crippen LogP contribution < -0.4 is 4.74 Å². The number of hydrogen-bond donors (Lipinski definition) is 0. The molecule has 3 aromatic rings. The van der Waals surface area contributed by atoms with Gasteiger partial charge in [0, 0.05) is 24.2 Å². The molecule has 2 fully saturated rings. The van der Waals surface area contributed by atoms with Crippen molar-refractivity contribution in [3.8, 4) is 5.75 Å². The third kappa shape index (κ3) is 4.37. The van der Waals surface area contributed by atoms with Crippen LogP contribution in [0.5, 0.6) is 5.75 Å². The summed E-state index contributed by atoms with van der Waals surface area (Å²) in [6.07, 6.45) is 3.95. The first-order valence-corrected chi connectivity index (χ1v) is 12.9. The molecule has 5 nitrogen and oxygen atoms in total. The Balaban J connectivity index is 1.47. The summed E-state index contributed by atoms with van der Waals surface area (Å²) in [6, 6.07) is 29.4. The summed E-state index contributed by atoms with van der Waals surface area (Å²) in [4.78, 5) is 20.5. The Morgan fingerprint density at radius 3 is 2.06 bits per heavy atom. The van der Waals surface area contributed by atoms with E-state index < -0.39 is 0 Å². The molecular formula is C31H37N3O2. The van der Waals surface area contributed by atoms with Crippen molar-refractivity contribution in [2.24, 2.45) is 0 Å². The standard InChI is InChI=1S/C31H37N3O2/c1-32(2)31(27-15-8-5-9-16-27)20-18-30(19-21-31)24-33(22-25-12-6-4-7-13-25)29(35)34(30)23-26-14-10-11-17-28(26)36-3/h4-17H,18-24H2,1-3H3. The highest BCUT2D eigenvalue weighted by molar-refractivity contribution is 5.78. The second-order valence-electron chi connectivity index (χ2n) is 10.5. The molecule has 0 atom stereocenters. The quantitative estimate of drug-likeness (QED) is 0.420. The van der Waals surface area contributed by atoms with Crippen LogP contribution in [0.15, 0.2) is 84.9 Å². The lowest BCUT2D eigenvalue weighted by molar-refractivity contribution is 0.0219. The number of para-hydroxylation sites is 1. The molecule has 0 N–H and O–H groups in total. The van der Waals surface area contributed by atoms with Gasteiger partial charge in [-0.1, -0.05) is 78.9 Å². The van der Waals surface area contributed by atoms with Gasteiger partial charge in [0.25, 0.3) is 0 Å². The van der Waals surface area contributed by atoms with Crippen molar-refractivity contribution in [3.63, 3.8) is 0 Å². The van der Waals surface area contributed by atoms with Gasteiger partial charge in [-0.3, -0.25) is 4.90 Å². The van der Waals surface area contributed by atoms with Crippen LogP contribution in [0.3, 0.4) is 0 Å². The molecule has 0 radical (unpaired) electrons. The van der Waals surface area contributed by atoms with Crippen molar-refractivity contribution in [2.75, 3.05) is 27.7 Å². The van der Waals surface area contributed by atoms with E-state index in [2.05, 4.69) is 77.3 Å². The second-order valence-corrected chi connectivity index (χ2v) is 10.5. The largest absolute Gasteiger partial charge is 0.496 e. The van der Waals surface area contributed by atoms with E-state index in [9.17, 15) is 4.79 Å². The molecule has 188 valence electrons. The highest BCUT2D eigenvalue weighted by atomic mass is 16.5. The van der Waals surface area contributed by atoms with E-state index in [-0.39, 0.29) is 17.1 Å². The number of ether oxygens (including phenoxy) is 1. The van der Waals surface area contributed by atoms with E-state index in [1.165, 1.54) is 11.1 Å². The number of carbonyl (C=O) groups is 1. The van der Waals surface area contributed by atoms with Gasteiger partial charge in [0.1, 0.15) is 5.75 Å². The molecule has 5 rings (SSSR count). The van der Waals surface area contributed by atoms with E-state index in [1.807, 2.05) is 36.4 Å². The number of benzene rings is 3. The minimum atomic E-state index is -0.193. The van der Waals surface area contributed by atoms with Gasteiger partial charge in [-0.15, -0.1) is 0 Å². The molecule has 0 aromatic heterocycles. The number of carbonyl (C=O) groups excluding carboxylic acids is 1. The van der Waals surface area contributed by atoms with E-state index >= 15 is 0 Å². The van der Waals surface area contributed by atoms with Crippen LogP contribution in [0.1, 0.15) is 42.4 Å². The van der Waals surface area contributed by atoms with Crippen LogP contribution in [-0.2, 0) is 18.6 Å². The van der Waals surface area contributed by atoms with Crippen LogP contribution in [0.25, 0.3) is 0 Å². The monoisotopic (exact) mass is 483 g/mol. The van der Waals surface area contributed by atoms with Gasteiger partial charge in [0.15, 0.2) is 0 Å². The topological polar surface area (TPSA) is 36.0 Å². The molecule has 1 saturated heterocycles.